The molecular formula is C29H32N2O4. The molecule has 0 aromatic heterocycles. The number of likely N-dealkylation sites (tertiary alicyclic amines) is 1. The van der Waals surface area contributed by atoms with Gasteiger partial charge in [0.1, 0.15) is 13.2 Å². The molecule has 2 aromatic rings. The summed E-state index contributed by atoms with van der Waals surface area (Å²) in [6.07, 6.45) is 1.90. The molecule has 0 unspecified atom stereocenters. The van der Waals surface area contributed by atoms with Gasteiger partial charge in [0.15, 0.2) is 11.5 Å². The van der Waals surface area contributed by atoms with Crippen molar-refractivity contribution < 1.29 is 19.1 Å². The number of rotatable bonds is 5. The van der Waals surface area contributed by atoms with Crippen LogP contribution in [-0.4, -0.2) is 49.1 Å². The van der Waals surface area contributed by atoms with Gasteiger partial charge in [0.05, 0.1) is 17.2 Å². The molecule has 6 nitrogen and oxygen atoms in total. The van der Waals surface area contributed by atoms with Crippen LogP contribution in [0.15, 0.2) is 36.4 Å². The summed E-state index contributed by atoms with van der Waals surface area (Å²) in [7, 11) is 0. The zero-order chi connectivity index (χ0) is 24.5. The van der Waals surface area contributed by atoms with E-state index in [-0.39, 0.29) is 17.9 Å². The van der Waals surface area contributed by atoms with Crippen molar-refractivity contribution >= 4 is 11.8 Å². The van der Waals surface area contributed by atoms with Crippen LogP contribution in [0.2, 0.25) is 0 Å². The number of aryl methyl sites for hydroxylation is 1. The van der Waals surface area contributed by atoms with E-state index in [0.717, 1.165) is 30.5 Å². The molecule has 3 aliphatic rings. The van der Waals surface area contributed by atoms with Crippen LogP contribution in [0, 0.1) is 36.5 Å². The first kappa shape index (κ1) is 23.3. The highest BCUT2D eigenvalue weighted by Crippen LogP contribution is 2.49. The van der Waals surface area contributed by atoms with E-state index < -0.39 is 0 Å². The molecule has 2 aromatic carbocycles. The van der Waals surface area contributed by atoms with Crippen molar-refractivity contribution in [3.05, 3.63) is 58.7 Å². The van der Waals surface area contributed by atoms with Gasteiger partial charge in [-0.1, -0.05) is 37.8 Å². The summed E-state index contributed by atoms with van der Waals surface area (Å²) >= 11 is 0. The van der Waals surface area contributed by atoms with Crippen molar-refractivity contribution in [3.63, 3.8) is 0 Å². The fraction of sp³-hybridized carbons (Fsp3) is 0.448. The summed E-state index contributed by atoms with van der Waals surface area (Å²) in [5.74, 6) is 8.77. The summed E-state index contributed by atoms with van der Waals surface area (Å²) in [4.78, 5) is 28.6. The van der Waals surface area contributed by atoms with Gasteiger partial charge in [-0.2, -0.15) is 0 Å². The number of para-hydroxylation sites is 1. The van der Waals surface area contributed by atoms with Crippen molar-refractivity contribution in [3.8, 4) is 23.3 Å². The predicted molar refractivity (Wildman–Crippen MR) is 134 cm³/mol. The summed E-state index contributed by atoms with van der Waals surface area (Å²) in [5.41, 5.74) is 2.98. The number of carbonyl (C=O) groups excluding carboxylic acids is 2. The first-order chi connectivity index (χ1) is 16.9. The third kappa shape index (κ3) is 4.86. The molecule has 6 heteroatoms. The quantitative estimate of drug-likeness (QED) is 0.667. The standard InChI is InChI=1S/C29H32N2O4/c1-18(2)6-4-7-20-14-19(3)10-11-22(20)29(33)31-17-21-15-24(21)25(31)16-30-28(32)23-8-5-9-26-27(23)35-13-12-34-26/h5,8-11,14,18,21,24-25H,6,12-13,15-17H2,1-3H3,(H,30,32)/t21-,24-,25-/m1/s1. The summed E-state index contributed by atoms with van der Waals surface area (Å²) in [5, 5.41) is 3.06. The molecule has 2 amide bonds. The van der Waals surface area contributed by atoms with E-state index in [1.54, 1.807) is 18.2 Å². The molecule has 3 atom stereocenters. The highest BCUT2D eigenvalue weighted by Gasteiger charge is 2.54. The Morgan fingerprint density at radius 2 is 1.97 bits per heavy atom. The molecule has 2 fully saturated rings. The minimum atomic E-state index is -0.209. The maximum Gasteiger partial charge on any atom is 0.255 e. The van der Waals surface area contributed by atoms with E-state index in [1.807, 2.05) is 30.0 Å². The Balaban J connectivity index is 1.32. The highest BCUT2D eigenvalue weighted by molar-refractivity contribution is 5.99. The van der Waals surface area contributed by atoms with Crippen LogP contribution < -0.4 is 14.8 Å². The fourth-order valence-electron chi connectivity index (χ4n) is 5.06. The number of fused-ring (bicyclic) bond motifs is 2. The van der Waals surface area contributed by atoms with Crippen molar-refractivity contribution in [1.82, 2.24) is 10.2 Å². The van der Waals surface area contributed by atoms with E-state index >= 15 is 0 Å². The lowest BCUT2D eigenvalue weighted by Gasteiger charge is -2.28. The SMILES string of the molecule is Cc1ccc(C(=O)N2C[C@H]3C[C@H]3[C@H]2CNC(=O)c2cccc3c2OCCO3)c(C#CCC(C)C)c1. The summed E-state index contributed by atoms with van der Waals surface area (Å²) < 4.78 is 11.3. The van der Waals surface area contributed by atoms with Crippen molar-refractivity contribution in [2.75, 3.05) is 26.3 Å². The van der Waals surface area contributed by atoms with E-state index in [0.29, 0.717) is 60.1 Å². The molecule has 1 saturated carbocycles. The smallest absolute Gasteiger partial charge is 0.255 e. The van der Waals surface area contributed by atoms with Crippen LogP contribution in [0.1, 0.15) is 58.5 Å². The van der Waals surface area contributed by atoms with Crippen LogP contribution in [0.25, 0.3) is 0 Å². The Bertz CT molecular complexity index is 1210. The Hall–Kier alpha value is -3.46. The number of amides is 2. The van der Waals surface area contributed by atoms with Gasteiger partial charge in [-0.3, -0.25) is 9.59 Å². The van der Waals surface area contributed by atoms with Gasteiger partial charge in [0.2, 0.25) is 0 Å². The molecule has 2 aliphatic heterocycles. The molecule has 0 radical (unpaired) electrons. The lowest BCUT2D eigenvalue weighted by molar-refractivity contribution is 0.0694. The molecule has 5 rings (SSSR count). The van der Waals surface area contributed by atoms with Gasteiger partial charge in [0.25, 0.3) is 11.8 Å². The number of hydrogen-bond donors (Lipinski definition) is 1. The van der Waals surface area contributed by atoms with Crippen molar-refractivity contribution in [2.45, 2.75) is 39.7 Å². The van der Waals surface area contributed by atoms with Crippen molar-refractivity contribution in [1.29, 1.82) is 0 Å². The number of hydrogen-bond acceptors (Lipinski definition) is 4. The van der Waals surface area contributed by atoms with Gasteiger partial charge in [-0.15, -0.1) is 0 Å². The van der Waals surface area contributed by atoms with Crippen LogP contribution in [0.4, 0.5) is 0 Å². The molecule has 1 saturated heterocycles. The monoisotopic (exact) mass is 472 g/mol. The average Bonchev–Trinajstić information content (AvgIpc) is 3.53. The zero-order valence-electron chi connectivity index (χ0n) is 20.6. The topological polar surface area (TPSA) is 67.9 Å². The minimum absolute atomic E-state index is 0.000815. The Morgan fingerprint density at radius 1 is 1.14 bits per heavy atom. The summed E-state index contributed by atoms with van der Waals surface area (Å²) in [6, 6.07) is 11.2. The maximum absolute atomic E-state index is 13.7. The number of ether oxygens (including phenoxy) is 2. The highest BCUT2D eigenvalue weighted by atomic mass is 16.6. The van der Waals surface area contributed by atoms with Crippen LogP contribution in [0.3, 0.4) is 0 Å². The summed E-state index contributed by atoms with van der Waals surface area (Å²) in [6.45, 7) is 8.33. The molecule has 1 aliphatic carbocycles. The lowest BCUT2D eigenvalue weighted by atomic mass is 10.0. The van der Waals surface area contributed by atoms with E-state index in [1.165, 1.54) is 0 Å². The molecule has 182 valence electrons. The van der Waals surface area contributed by atoms with Crippen LogP contribution >= 0.6 is 0 Å². The number of piperidine rings is 1. The van der Waals surface area contributed by atoms with Crippen LogP contribution in [0.5, 0.6) is 11.5 Å². The molecular weight excluding hydrogens is 440 g/mol. The lowest BCUT2D eigenvalue weighted by Crippen LogP contribution is -2.45. The van der Waals surface area contributed by atoms with E-state index in [4.69, 9.17) is 9.47 Å². The van der Waals surface area contributed by atoms with Crippen molar-refractivity contribution in [2.24, 2.45) is 17.8 Å². The third-order valence-corrected chi connectivity index (χ3v) is 6.99. The van der Waals surface area contributed by atoms with Gasteiger partial charge < -0.3 is 19.7 Å². The fourth-order valence-corrected chi connectivity index (χ4v) is 5.06. The molecule has 0 bridgehead atoms. The number of carbonyl (C=O) groups is 2. The first-order valence-electron chi connectivity index (χ1n) is 12.5. The third-order valence-electron chi connectivity index (χ3n) is 6.99. The second kappa shape index (κ2) is 9.65. The van der Waals surface area contributed by atoms with Gasteiger partial charge in [-0.05, 0) is 60.9 Å². The molecule has 35 heavy (non-hydrogen) atoms. The number of benzene rings is 2. The Labute approximate surface area is 207 Å². The molecule has 1 N–H and O–H groups in total. The zero-order valence-corrected chi connectivity index (χ0v) is 20.6. The largest absolute Gasteiger partial charge is 0.486 e. The predicted octanol–water partition coefficient (Wildman–Crippen LogP) is 4.05. The minimum Gasteiger partial charge on any atom is -0.486 e. The number of nitrogens with zero attached hydrogens (tertiary/aromatic N) is 1. The maximum atomic E-state index is 13.7. The second-order valence-electron chi connectivity index (χ2n) is 10.2. The van der Waals surface area contributed by atoms with E-state index in [9.17, 15) is 9.59 Å². The second-order valence-corrected chi connectivity index (χ2v) is 10.2. The Kier molecular flexibility index (Phi) is 6.42. The van der Waals surface area contributed by atoms with Gasteiger partial charge in [-0.25, -0.2) is 0 Å². The molecule has 2 heterocycles. The normalized spacial score (nSPS) is 21.7. The molecule has 0 spiro atoms. The van der Waals surface area contributed by atoms with E-state index in [2.05, 4.69) is 31.0 Å². The Morgan fingerprint density at radius 3 is 2.80 bits per heavy atom. The average molecular weight is 473 g/mol. The van der Waals surface area contributed by atoms with Crippen LogP contribution in [-0.2, 0) is 0 Å². The number of nitrogens with one attached hydrogen (secondary N) is 1. The van der Waals surface area contributed by atoms with Gasteiger partial charge >= 0.3 is 0 Å². The first-order valence-corrected chi connectivity index (χ1v) is 12.5. The van der Waals surface area contributed by atoms with Gasteiger partial charge in [0, 0.05) is 25.1 Å².